The van der Waals surface area contributed by atoms with Crippen molar-refractivity contribution in [2.75, 3.05) is 40.4 Å². The summed E-state index contributed by atoms with van der Waals surface area (Å²) in [6.45, 7) is 4.31. The Morgan fingerprint density at radius 2 is 1.61 bits per heavy atom. The summed E-state index contributed by atoms with van der Waals surface area (Å²) in [5.74, 6) is 0.624. The van der Waals surface area contributed by atoms with Gasteiger partial charge >= 0.3 is 0 Å². The number of sulfonamides is 1. The topological polar surface area (TPSA) is 60.3 Å². The van der Waals surface area contributed by atoms with Crippen LogP contribution in [0.4, 0.5) is 4.39 Å². The van der Waals surface area contributed by atoms with Crippen molar-refractivity contribution in [1.82, 2.24) is 4.31 Å². The zero-order chi connectivity index (χ0) is 20.3. The molecular formula is C20H26FN2O4S+. The molecule has 3 rings (SSSR count). The van der Waals surface area contributed by atoms with Gasteiger partial charge in [-0.05, 0) is 31.2 Å². The third-order valence-electron chi connectivity index (χ3n) is 5.34. The predicted molar refractivity (Wildman–Crippen MR) is 104 cm³/mol. The van der Waals surface area contributed by atoms with Crippen molar-refractivity contribution >= 4 is 10.0 Å². The van der Waals surface area contributed by atoms with E-state index < -0.39 is 10.0 Å². The van der Waals surface area contributed by atoms with E-state index in [9.17, 15) is 12.8 Å². The van der Waals surface area contributed by atoms with Crippen molar-refractivity contribution in [3.05, 3.63) is 53.8 Å². The molecule has 1 heterocycles. The molecule has 1 saturated heterocycles. The third-order valence-corrected chi connectivity index (χ3v) is 7.23. The maximum Gasteiger partial charge on any atom is 0.243 e. The number of benzene rings is 2. The standard InChI is InChI=1S/C20H25FN2O4S/c1-15(16-4-6-17(21)7-5-16)22-10-12-23(13-11-22)28(24,25)18-8-9-19(26-2)20(14-18)27-3/h4-9,14-15H,10-13H2,1-3H3/p+1/t15-/m0/s1. The van der Waals surface area contributed by atoms with Gasteiger partial charge in [0.25, 0.3) is 0 Å². The lowest BCUT2D eigenvalue weighted by Crippen LogP contribution is -3.14. The molecule has 0 radical (unpaired) electrons. The summed E-state index contributed by atoms with van der Waals surface area (Å²) in [6.07, 6.45) is 0. The summed E-state index contributed by atoms with van der Waals surface area (Å²) in [4.78, 5) is 1.48. The van der Waals surface area contributed by atoms with Crippen molar-refractivity contribution in [3.63, 3.8) is 0 Å². The molecule has 2 aromatic rings. The number of hydrogen-bond donors (Lipinski definition) is 1. The summed E-state index contributed by atoms with van der Waals surface area (Å²) in [6, 6.07) is 11.3. The highest BCUT2D eigenvalue weighted by molar-refractivity contribution is 7.89. The molecule has 0 bridgehead atoms. The number of ether oxygens (including phenoxy) is 2. The highest BCUT2D eigenvalue weighted by atomic mass is 32.2. The number of quaternary nitrogens is 1. The monoisotopic (exact) mass is 409 g/mol. The largest absolute Gasteiger partial charge is 0.493 e. The Morgan fingerprint density at radius 1 is 1.00 bits per heavy atom. The minimum atomic E-state index is -3.60. The van der Waals surface area contributed by atoms with Crippen LogP contribution in [-0.4, -0.2) is 53.1 Å². The molecule has 0 amide bonds. The van der Waals surface area contributed by atoms with Gasteiger partial charge in [-0.15, -0.1) is 0 Å². The van der Waals surface area contributed by atoms with Crippen LogP contribution in [0, 0.1) is 5.82 Å². The van der Waals surface area contributed by atoms with Crippen molar-refractivity contribution in [3.8, 4) is 11.5 Å². The molecular weight excluding hydrogens is 383 g/mol. The first-order chi connectivity index (χ1) is 13.4. The quantitative estimate of drug-likeness (QED) is 0.786. The first-order valence-corrected chi connectivity index (χ1v) is 10.6. The van der Waals surface area contributed by atoms with Crippen LogP contribution < -0.4 is 14.4 Å². The van der Waals surface area contributed by atoms with E-state index in [-0.39, 0.29) is 16.8 Å². The fraction of sp³-hybridized carbons (Fsp3) is 0.400. The zero-order valence-electron chi connectivity index (χ0n) is 16.3. The molecule has 1 atom stereocenters. The maximum absolute atomic E-state index is 13.1. The Labute approximate surface area is 165 Å². The fourth-order valence-corrected chi connectivity index (χ4v) is 5.02. The molecule has 0 unspecified atom stereocenters. The van der Waals surface area contributed by atoms with Gasteiger partial charge in [-0.1, -0.05) is 12.1 Å². The number of nitrogens with zero attached hydrogens (tertiary/aromatic N) is 1. The SMILES string of the molecule is COc1ccc(S(=O)(=O)N2CC[NH+]([C@@H](C)c3ccc(F)cc3)CC2)cc1OC. The molecule has 1 aliphatic rings. The van der Waals surface area contributed by atoms with Crippen LogP contribution in [0.15, 0.2) is 47.4 Å². The first kappa shape index (κ1) is 20.6. The Balaban J connectivity index is 1.70. The molecule has 2 aromatic carbocycles. The van der Waals surface area contributed by atoms with Crippen LogP contribution >= 0.6 is 0 Å². The molecule has 0 aromatic heterocycles. The lowest BCUT2D eigenvalue weighted by atomic mass is 10.1. The van der Waals surface area contributed by atoms with Crippen LogP contribution in [0.1, 0.15) is 18.5 Å². The first-order valence-electron chi connectivity index (χ1n) is 9.19. The maximum atomic E-state index is 13.1. The molecule has 1 aliphatic heterocycles. The average molecular weight is 410 g/mol. The Bertz CT molecular complexity index is 910. The van der Waals surface area contributed by atoms with Gasteiger partial charge in [-0.25, -0.2) is 12.8 Å². The fourth-order valence-electron chi connectivity index (χ4n) is 3.56. The van der Waals surface area contributed by atoms with Gasteiger partial charge in [0.15, 0.2) is 11.5 Å². The van der Waals surface area contributed by atoms with Crippen LogP contribution in [0.5, 0.6) is 11.5 Å². The van der Waals surface area contributed by atoms with Gasteiger partial charge in [-0.3, -0.25) is 0 Å². The molecule has 8 heteroatoms. The Kier molecular flexibility index (Phi) is 6.22. The van der Waals surface area contributed by atoms with E-state index in [1.54, 1.807) is 18.2 Å². The lowest BCUT2D eigenvalue weighted by Gasteiger charge is -2.35. The Hall–Kier alpha value is -2.16. The summed E-state index contributed by atoms with van der Waals surface area (Å²) in [5.41, 5.74) is 1.05. The number of halogens is 1. The molecule has 1 fully saturated rings. The number of rotatable bonds is 6. The minimum absolute atomic E-state index is 0.173. The molecule has 1 N–H and O–H groups in total. The second-order valence-electron chi connectivity index (χ2n) is 6.85. The van der Waals surface area contributed by atoms with Crippen LogP contribution in [0.3, 0.4) is 0 Å². The lowest BCUT2D eigenvalue weighted by molar-refractivity contribution is -0.933. The van der Waals surface area contributed by atoms with Crippen molar-refractivity contribution in [2.45, 2.75) is 17.9 Å². The molecule has 0 aliphatic carbocycles. The normalized spacial score (nSPS) is 17.3. The summed E-state index contributed by atoms with van der Waals surface area (Å²) < 4.78 is 51.1. The minimum Gasteiger partial charge on any atom is -0.493 e. The van der Waals surface area contributed by atoms with Gasteiger partial charge in [-0.2, -0.15) is 4.31 Å². The third kappa shape index (κ3) is 4.14. The zero-order valence-corrected chi connectivity index (χ0v) is 17.1. The molecule has 0 saturated carbocycles. The Morgan fingerprint density at radius 3 is 2.18 bits per heavy atom. The molecule has 28 heavy (non-hydrogen) atoms. The van der Waals surface area contributed by atoms with E-state index in [4.69, 9.17) is 9.47 Å². The van der Waals surface area contributed by atoms with Crippen molar-refractivity contribution in [1.29, 1.82) is 0 Å². The van der Waals surface area contributed by atoms with Gasteiger partial charge in [0.05, 0.1) is 45.3 Å². The second kappa shape index (κ2) is 8.46. The highest BCUT2D eigenvalue weighted by Gasteiger charge is 2.33. The van der Waals surface area contributed by atoms with E-state index in [1.807, 2.05) is 0 Å². The number of nitrogens with one attached hydrogen (secondary N) is 1. The van der Waals surface area contributed by atoms with E-state index in [0.29, 0.717) is 37.7 Å². The van der Waals surface area contributed by atoms with Gasteiger partial charge in [0.1, 0.15) is 11.9 Å². The van der Waals surface area contributed by atoms with Crippen LogP contribution in [0.2, 0.25) is 0 Å². The van der Waals surface area contributed by atoms with Gasteiger partial charge in [0, 0.05) is 11.6 Å². The van der Waals surface area contributed by atoms with E-state index in [0.717, 1.165) is 5.56 Å². The number of hydrogen-bond acceptors (Lipinski definition) is 4. The molecule has 0 spiro atoms. The van der Waals surface area contributed by atoms with Crippen molar-refractivity contribution < 1.29 is 27.2 Å². The summed E-state index contributed by atoms with van der Waals surface area (Å²) in [7, 11) is -0.615. The smallest absolute Gasteiger partial charge is 0.243 e. The second-order valence-corrected chi connectivity index (χ2v) is 8.79. The number of piperazine rings is 1. The van der Waals surface area contributed by atoms with Crippen LogP contribution in [0.25, 0.3) is 0 Å². The predicted octanol–water partition coefficient (Wildman–Crippen LogP) is 1.49. The summed E-state index contributed by atoms with van der Waals surface area (Å²) >= 11 is 0. The van der Waals surface area contributed by atoms with E-state index in [1.165, 1.54) is 47.7 Å². The molecule has 152 valence electrons. The van der Waals surface area contributed by atoms with E-state index in [2.05, 4.69) is 6.92 Å². The summed E-state index contributed by atoms with van der Waals surface area (Å²) in [5, 5.41) is 0. The van der Waals surface area contributed by atoms with Crippen LogP contribution in [-0.2, 0) is 10.0 Å². The number of methoxy groups -OCH3 is 2. The highest BCUT2D eigenvalue weighted by Crippen LogP contribution is 2.30. The van der Waals surface area contributed by atoms with Gasteiger partial charge in [0.2, 0.25) is 10.0 Å². The average Bonchev–Trinajstić information content (AvgIpc) is 2.73. The van der Waals surface area contributed by atoms with E-state index >= 15 is 0 Å². The van der Waals surface area contributed by atoms with Gasteiger partial charge < -0.3 is 14.4 Å². The molecule has 6 nitrogen and oxygen atoms in total. The van der Waals surface area contributed by atoms with Crippen molar-refractivity contribution in [2.24, 2.45) is 0 Å².